The smallest absolute Gasteiger partial charge is 0.165 e. The van der Waals surface area contributed by atoms with Crippen LogP contribution in [0.15, 0.2) is 46.9 Å². The summed E-state index contributed by atoms with van der Waals surface area (Å²) in [5.41, 5.74) is 2.19. The molecule has 0 heterocycles. The summed E-state index contributed by atoms with van der Waals surface area (Å²) in [4.78, 5) is 0. The molecule has 21 heavy (non-hydrogen) atoms. The van der Waals surface area contributed by atoms with Crippen LogP contribution in [0.25, 0.3) is 0 Å². The zero-order chi connectivity index (χ0) is 15.2. The van der Waals surface area contributed by atoms with E-state index in [0.29, 0.717) is 12.6 Å². The molecule has 2 nitrogen and oxygen atoms in total. The number of nitrogens with one attached hydrogen (secondary N) is 1. The monoisotopic (exact) mass is 351 g/mol. The number of benzene rings is 2. The van der Waals surface area contributed by atoms with Gasteiger partial charge < -0.3 is 10.1 Å². The summed E-state index contributed by atoms with van der Waals surface area (Å²) in [7, 11) is 1.47. The van der Waals surface area contributed by atoms with Gasteiger partial charge >= 0.3 is 0 Å². The van der Waals surface area contributed by atoms with Gasteiger partial charge in [-0.1, -0.05) is 34.1 Å². The fraction of sp³-hybridized carbons (Fsp3) is 0.294. The fourth-order valence-electron chi connectivity index (χ4n) is 2.16. The van der Waals surface area contributed by atoms with Gasteiger partial charge in [0.05, 0.1) is 7.11 Å². The Bertz CT molecular complexity index is 586. The van der Waals surface area contributed by atoms with Crippen molar-refractivity contribution in [1.82, 2.24) is 5.32 Å². The van der Waals surface area contributed by atoms with Crippen LogP contribution in [0.3, 0.4) is 0 Å². The van der Waals surface area contributed by atoms with Crippen molar-refractivity contribution in [2.75, 3.05) is 7.11 Å². The van der Waals surface area contributed by atoms with E-state index in [-0.39, 0.29) is 11.6 Å². The van der Waals surface area contributed by atoms with Crippen LogP contribution in [0.5, 0.6) is 5.75 Å². The summed E-state index contributed by atoms with van der Waals surface area (Å²) in [5, 5.41) is 3.41. The van der Waals surface area contributed by atoms with E-state index in [1.165, 1.54) is 18.7 Å². The summed E-state index contributed by atoms with van der Waals surface area (Å²) in [5.74, 6) is -0.0426. The standard InChI is InChI=1S/C17H19BrFNO/c1-12(9-13-3-6-15(18)7-4-13)20-11-14-5-8-17(21-2)16(19)10-14/h3-8,10,12,20H,9,11H2,1-2H3. The van der Waals surface area contributed by atoms with Gasteiger partial charge in [0.25, 0.3) is 0 Å². The van der Waals surface area contributed by atoms with Crippen molar-refractivity contribution in [2.45, 2.75) is 25.9 Å². The van der Waals surface area contributed by atoms with Crippen LogP contribution < -0.4 is 10.1 Å². The van der Waals surface area contributed by atoms with Crippen LogP contribution in [-0.2, 0) is 13.0 Å². The molecule has 0 aromatic heterocycles. The number of hydrogen-bond acceptors (Lipinski definition) is 2. The Morgan fingerprint density at radius 3 is 2.43 bits per heavy atom. The van der Waals surface area contributed by atoms with Crippen molar-refractivity contribution in [3.63, 3.8) is 0 Å². The minimum atomic E-state index is -0.322. The van der Waals surface area contributed by atoms with E-state index in [1.54, 1.807) is 6.07 Å². The van der Waals surface area contributed by atoms with Gasteiger partial charge in [0.1, 0.15) is 0 Å². The molecule has 0 radical (unpaired) electrons. The second-order valence-corrected chi connectivity index (χ2v) is 6.00. The molecule has 1 atom stereocenters. The maximum absolute atomic E-state index is 13.6. The van der Waals surface area contributed by atoms with Gasteiger partial charge in [-0.3, -0.25) is 0 Å². The highest BCUT2D eigenvalue weighted by molar-refractivity contribution is 9.10. The largest absolute Gasteiger partial charge is 0.494 e. The average molecular weight is 352 g/mol. The molecule has 0 aliphatic heterocycles. The molecule has 0 aliphatic rings. The number of hydrogen-bond donors (Lipinski definition) is 1. The molecule has 2 aromatic carbocycles. The molecule has 0 amide bonds. The molecule has 2 aromatic rings. The summed E-state index contributed by atoms with van der Waals surface area (Å²) >= 11 is 3.43. The normalized spacial score (nSPS) is 12.2. The predicted octanol–water partition coefficient (Wildman–Crippen LogP) is 4.32. The van der Waals surface area contributed by atoms with E-state index in [1.807, 2.05) is 18.2 Å². The Kier molecular flexibility index (Phi) is 5.76. The molecule has 0 spiro atoms. The topological polar surface area (TPSA) is 21.3 Å². The zero-order valence-corrected chi connectivity index (χ0v) is 13.8. The van der Waals surface area contributed by atoms with Gasteiger partial charge in [0.15, 0.2) is 11.6 Å². The molecule has 112 valence electrons. The van der Waals surface area contributed by atoms with Gasteiger partial charge in [-0.25, -0.2) is 4.39 Å². The van der Waals surface area contributed by atoms with Crippen molar-refractivity contribution in [3.05, 3.63) is 63.9 Å². The van der Waals surface area contributed by atoms with Gasteiger partial charge in [0.2, 0.25) is 0 Å². The van der Waals surface area contributed by atoms with Crippen molar-refractivity contribution < 1.29 is 9.13 Å². The van der Waals surface area contributed by atoms with E-state index < -0.39 is 0 Å². The quantitative estimate of drug-likeness (QED) is 0.836. The van der Waals surface area contributed by atoms with E-state index in [4.69, 9.17) is 4.74 Å². The van der Waals surface area contributed by atoms with Crippen LogP contribution in [0.1, 0.15) is 18.1 Å². The molecule has 2 rings (SSSR count). The highest BCUT2D eigenvalue weighted by atomic mass is 79.9. The number of halogens is 2. The van der Waals surface area contributed by atoms with E-state index in [0.717, 1.165) is 16.5 Å². The molecule has 0 bridgehead atoms. The third-order valence-electron chi connectivity index (χ3n) is 3.33. The van der Waals surface area contributed by atoms with E-state index >= 15 is 0 Å². The Hall–Kier alpha value is -1.39. The van der Waals surface area contributed by atoms with Crippen LogP contribution in [0, 0.1) is 5.82 Å². The maximum atomic E-state index is 13.6. The first-order valence-electron chi connectivity index (χ1n) is 6.88. The molecule has 0 fully saturated rings. The second kappa shape index (κ2) is 7.57. The lowest BCUT2D eigenvalue weighted by Crippen LogP contribution is -2.27. The lowest BCUT2D eigenvalue weighted by Gasteiger charge is -2.14. The Balaban J connectivity index is 1.87. The zero-order valence-electron chi connectivity index (χ0n) is 12.2. The van der Waals surface area contributed by atoms with Crippen LogP contribution in [0.2, 0.25) is 0 Å². The fourth-order valence-corrected chi connectivity index (χ4v) is 2.42. The second-order valence-electron chi connectivity index (χ2n) is 5.08. The minimum absolute atomic E-state index is 0.279. The Morgan fingerprint density at radius 1 is 1.14 bits per heavy atom. The summed E-state index contributed by atoms with van der Waals surface area (Å²) < 4.78 is 19.6. The molecule has 1 unspecified atom stereocenters. The summed E-state index contributed by atoms with van der Waals surface area (Å²) in [6, 6.07) is 13.7. The highest BCUT2D eigenvalue weighted by Crippen LogP contribution is 2.18. The molecule has 0 aliphatic carbocycles. The molecule has 4 heteroatoms. The Labute approximate surface area is 133 Å². The first-order valence-corrected chi connectivity index (χ1v) is 7.68. The molecular weight excluding hydrogens is 333 g/mol. The van der Waals surface area contributed by atoms with Crippen LogP contribution in [-0.4, -0.2) is 13.2 Å². The third-order valence-corrected chi connectivity index (χ3v) is 3.85. The SMILES string of the molecule is COc1ccc(CNC(C)Cc2ccc(Br)cc2)cc1F. The molecule has 0 saturated carbocycles. The molecule has 1 N–H and O–H groups in total. The minimum Gasteiger partial charge on any atom is -0.494 e. The van der Waals surface area contributed by atoms with Gasteiger partial charge in [0, 0.05) is 17.1 Å². The van der Waals surface area contributed by atoms with Gasteiger partial charge in [-0.2, -0.15) is 0 Å². The first kappa shape index (κ1) is 16.0. The number of rotatable bonds is 6. The van der Waals surface area contributed by atoms with Crippen molar-refractivity contribution in [1.29, 1.82) is 0 Å². The van der Waals surface area contributed by atoms with Crippen molar-refractivity contribution >= 4 is 15.9 Å². The Morgan fingerprint density at radius 2 is 1.81 bits per heavy atom. The number of methoxy groups -OCH3 is 1. The number of ether oxygens (including phenoxy) is 1. The average Bonchev–Trinajstić information content (AvgIpc) is 2.48. The maximum Gasteiger partial charge on any atom is 0.165 e. The lowest BCUT2D eigenvalue weighted by atomic mass is 10.1. The van der Waals surface area contributed by atoms with Crippen molar-refractivity contribution in [3.8, 4) is 5.75 Å². The van der Waals surface area contributed by atoms with Gasteiger partial charge in [-0.15, -0.1) is 0 Å². The lowest BCUT2D eigenvalue weighted by molar-refractivity contribution is 0.386. The van der Waals surface area contributed by atoms with Crippen molar-refractivity contribution in [2.24, 2.45) is 0 Å². The third kappa shape index (κ3) is 4.83. The van der Waals surface area contributed by atoms with E-state index in [9.17, 15) is 4.39 Å². The summed E-state index contributed by atoms with van der Waals surface area (Å²) in [6.45, 7) is 2.76. The first-order chi connectivity index (χ1) is 10.1. The summed E-state index contributed by atoms with van der Waals surface area (Å²) in [6.07, 6.45) is 0.936. The highest BCUT2D eigenvalue weighted by Gasteiger charge is 2.06. The molecule has 0 saturated heterocycles. The van der Waals surface area contributed by atoms with Crippen LogP contribution in [0.4, 0.5) is 4.39 Å². The molecular formula is C17H19BrFNO. The van der Waals surface area contributed by atoms with Gasteiger partial charge in [-0.05, 0) is 48.7 Å². The van der Waals surface area contributed by atoms with E-state index in [2.05, 4.69) is 40.3 Å². The predicted molar refractivity (Wildman–Crippen MR) is 87.1 cm³/mol. The van der Waals surface area contributed by atoms with Crippen LogP contribution >= 0.6 is 15.9 Å².